The summed E-state index contributed by atoms with van der Waals surface area (Å²) < 4.78 is 4.86. The lowest BCUT2D eigenvalue weighted by Crippen LogP contribution is -2.06. The number of rotatable bonds is 2. The first-order valence-electron chi connectivity index (χ1n) is 4.91. The molecule has 0 fully saturated rings. The van der Waals surface area contributed by atoms with Crippen molar-refractivity contribution in [1.82, 2.24) is 9.97 Å². The molecule has 0 radical (unpaired) electrons. The SMILES string of the molecule is CCOC(=O)c1cnc2ccc(Cl)nc2c1Cl. The molecule has 0 aliphatic rings. The minimum atomic E-state index is -0.520. The van der Waals surface area contributed by atoms with E-state index in [0.717, 1.165) is 0 Å². The van der Waals surface area contributed by atoms with Gasteiger partial charge in [-0.25, -0.2) is 9.78 Å². The minimum absolute atomic E-state index is 0.191. The highest BCUT2D eigenvalue weighted by Crippen LogP contribution is 2.25. The molecule has 2 aromatic heterocycles. The summed E-state index contributed by atoms with van der Waals surface area (Å²) in [6.07, 6.45) is 1.37. The van der Waals surface area contributed by atoms with Crippen molar-refractivity contribution in [3.8, 4) is 0 Å². The van der Waals surface area contributed by atoms with Crippen molar-refractivity contribution in [3.63, 3.8) is 0 Å². The van der Waals surface area contributed by atoms with Crippen LogP contribution < -0.4 is 0 Å². The maximum Gasteiger partial charge on any atom is 0.341 e. The van der Waals surface area contributed by atoms with Crippen molar-refractivity contribution in [2.75, 3.05) is 6.61 Å². The molecular weight excluding hydrogens is 263 g/mol. The summed E-state index contributed by atoms with van der Waals surface area (Å²) in [6.45, 7) is 1.99. The van der Waals surface area contributed by atoms with E-state index in [1.807, 2.05) is 0 Å². The lowest BCUT2D eigenvalue weighted by Gasteiger charge is -2.05. The Labute approximate surface area is 108 Å². The van der Waals surface area contributed by atoms with Crippen LogP contribution in [0.1, 0.15) is 17.3 Å². The number of nitrogens with zero attached hydrogens (tertiary/aromatic N) is 2. The second-order valence-corrected chi connectivity index (χ2v) is 3.97. The lowest BCUT2D eigenvalue weighted by molar-refractivity contribution is 0.0526. The molecule has 4 nitrogen and oxygen atoms in total. The Bertz CT molecular complexity index is 587. The topological polar surface area (TPSA) is 52.1 Å². The standard InChI is InChI=1S/C11H8Cl2N2O2/c1-2-17-11(16)6-5-14-7-3-4-8(12)15-10(7)9(6)13/h3-5H,2H2,1H3. The van der Waals surface area contributed by atoms with E-state index < -0.39 is 5.97 Å². The summed E-state index contributed by atoms with van der Waals surface area (Å²) in [5.41, 5.74) is 1.16. The van der Waals surface area contributed by atoms with Crippen molar-refractivity contribution in [3.05, 3.63) is 34.1 Å². The Kier molecular flexibility index (Phi) is 3.45. The third-order valence-electron chi connectivity index (χ3n) is 2.11. The number of esters is 1. The number of ether oxygens (including phenoxy) is 1. The van der Waals surface area contributed by atoms with Crippen molar-refractivity contribution in [2.24, 2.45) is 0 Å². The Morgan fingerprint density at radius 1 is 1.41 bits per heavy atom. The number of carbonyl (C=O) groups is 1. The third-order valence-corrected chi connectivity index (χ3v) is 2.71. The molecule has 0 saturated carbocycles. The highest BCUT2D eigenvalue weighted by molar-refractivity contribution is 6.38. The van der Waals surface area contributed by atoms with Crippen LogP contribution in [0.5, 0.6) is 0 Å². The number of hydrogen-bond donors (Lipinski definition) is 0. The molecule has 0 unspecified atom stereocenters. The minimum Gasteiger partial charge on any atom is -0.462 e. The Morgan fingerprint density at radius 3 is 2.88 bits per heavy atom. The third kappa shape index (κ3) is 2.33. The van der Waals surface area contributed by atoms with Gasteiger partial charge >= 0.3 is 5.97 Å². The van der Waals surface area contributed by atoms with Crippen LogP contribution in [0.15, 0.2) is 18.3 Å². The molecule has 0 saturated heterocycles. The molecule has 2 aromatic rings. The molecule has 0 aromatic carbocycles. The number of carbonyl (C=O) groups excluding carboxylic acids is 1. The van der Waals surface area contributed by atoms with Gasteiger partial charge in [-0.05, 0) is 19.1 Å². The fourth-order valence-electron chi connectivity index (χ4n) is 1.36. The largest absolute Gasteiger partial charge is 0.462 e. The van der Waals surface area contributed by atoms with Crippen LogP contribution in [0.3, 0.4) is 0 Å². The fraction of sp³-hybridized carbons (Fsp3) is 0.182. The first-order valence-corrected chi connectivity index (χ1v) is 5.67. The Hall–Kier alpha value is -1.39. The molecule has 6 heteroatoms. The summed E-state index contributed by atoms with van der Waals surface area (Å²) >= 11 is 11.9. The van der Waals surface area contributed by atoms with Crippen LogP contribution in [-0.2, 0) is 4.74 Å². The zero-order chi connectivity index (χ0) is 12.4. The Balaban J connectivity index is 2.60. The zero-order valence-corrected chi connectivity index (χ0v) is 10.4. The van der Waals surface area contributed by atoms with E-state index in [-0.39, 0.29) is 17.2 Å². The molecule has 2 rings (SSSR count). The van der Waals surface area contributed by atoms with E-state index in [1.54, 1.807) is 19.1 Å². The van der Waals surface area contributed by atoms with Gasteiger partial charge in [0.05, 0.1) is 22.7 Å². The van der Waals surface area contributed by atoms with Crippen molar-refractivity contribution in [2.45, 2.75) is 6.92 Å². The molecular formula is C11H8Cl2N2O2. The number of pyridine rings is 2. The molecule has 0 atom stereocenters. The monoisotopic (exact) mass is 270 g/mol. The van der Waals surface area contributed by atoms with Gasteiger partial charge in [0, 0.05) is 6.20 Å². The number of hydrogen-bond acceptors (Lipinski definition) is 4. The van der Waals surface area contributed by atoms with Crippen molar-refractivity contribution >= 4 is 40.2 Å². The van der Waals surface area contributed by atoms with Gasteiger partial charge in [0.2, 0.25) is 0 Å². The molecule has 2 heterocycles. The van der Waals surface area contributed by atoms with Crippen molar-refractivity contribution < 1.29 is 9.53 Å². The maximum absolute atomic E-state index is 11.6. The molecule has 0 bridgehead atoms. The number of halogens is 2. The second-order valence-electron chi connectivity index (χ2n) is 3.21. The van der Waals surface area contributed by atoms with Gasteiger partial charge in [-0.15, -0.1) is 0 Å². The van der Waals surface area contributed by atoms with Gasteiger partial charge in [0.15, 0.2) is 0 Å². The molecule has 0 aliphatic heterocycles. The second kappa shape index (κ2) is 4.85. The van der Waals surface area contributed by atoms with E-state index in [1.165, 1.54) is 6.20 Å². The molecule has 0 N–H and O–H groups in total. The number of aromatic nitrogens is 2. The highest BCUT2D eigenvalue weighted by Gasteiger charge is 2.15. The molecule has 0 amide bonds. The summed E-state index contributed by atoms with van der Waals surface area (Å²) in [6, 6.07) is 3.29. The quantitative estimate of drug-likeness (QED) is 0.622. The molecule has 0 aliphatic carbocycles. The average molecular weight is 271 g/mol. The normalized spacial score (nSPS) is 10.5. The lowest BCUT2D eigenvalue weighted by atomic mass is 10.2. The van der Waals surface area contributed by atoms with E-state index in [9.17, 15) is 4.79 Å². The molecule has 17 heavy (non-hydrogen) atoms. The first kappa shape index (κ1) is 12.1. The summed E-state index contributed by atoms with van der Waals surface area (Å²) in [5.74, 6) is -0.520. The smallest absolute Gasteiger partial charge is 0.341 e. The van der Waals surface area contributed by atoms with Gasteiger partial charge in [0.25, 0.3) is 0 Å². The summed E-state index contributed by atoms with van der Waals surface area (Å²) in [7, 11) is 0. The van der Waals surface area contributed by atoms with E-state index in [0.29, 0.717) is 16.2 Å². The molecule has 88 valence electrons. The zero-order valence-electron chi connectivity index (χ0n) is 8.91. The Morgan fingerprint density at radius 2 is 2.18 bits per heavy atom. The predicted molar refractivity (Wildman–Crippen MR) is 65.5 cm³/mol. The van der Waals surface area contributed by atoms with Crippen molar-refractivity contribution in [1.29, 1.82) is 0 Å². The van der Waals surface area contributed by atoms with Crippen LogP contribution >= 0.6 is 23.2 Å². The van der Waals surface area contributed by atoms with Gasteiger partial charge in [-0.2, -0.15) is 0 Å². The van der Waals surface area contributed by atoms with E-state index in [4.69, 9.17) is 27.9 Å². The number of fused-ring (bicyclic) bond motifs is 1. The summed E-state index contributed by atoms with van der Waals surface area (Å²) in [5, 5.41) is 0.498. The average Bonchev–Trinajstić information content (AvgIpc) is 2.30. The van der Waals surface area contributed by atoms with Crippen LogP contribution in [0.4, 0.5) is 0 Å². The van der Waals surface area contributed by atoms with Gasteiger partial charge in [-0.1, -0.05) is 23.2 Å². The van der Waals surface area contributed by atoms with Crippen LogP contribution in [0.2, 0.25) is 10.2 Å². The van der Waals surface area contributed by atoms with Crippen LogP contribution in [-0.4, -0.2) is 22.5 Å². The van der Waals surface area contributed by atoms with Crippen LogP contribution in [0.25, 0.3) is 11.0 Å². The van der Waals surface area contributed by atoms with Gasteiger partial charge in [0.1, 0.15) is 10.7 Å². The first-order chi connectivity index (χ1) is 8.13. The predicted octanol–water partition coefficient (Wildman–Crippen LogP) is 3.11. The maximum atomic E-state index is 11.6. The van der Waals surface area contributed by atoms with E-state index in [2.05, 4.69) is 9.97 Å². The van der Waals surface area contributed by atoms with Crippen LogP contribution in [0, 0.1) is 0 Å². The summed E-state index contributed by atoms with van der Waals surface area (Å²) in [4.78, 5) is 19.7. The fourth-order valence-corrected chi connectivity index (χ4v) is 1.78. The van der Waals surface area contributed by atoms with E-state index >= 15 is 0 Å². The molecule has 0 spiro atoms. The van der Waals surface area contributed by atoms with Gasteiger partial charge in [-0.3, -0.25) is 4.98 Å². The van der Waals surface area contributed by atoms with Gasteiger partial charge < -0.3 is 4.74 Å². The highest BCUT2D eigenvalue weighted by atomic mass is 35.5.